The Morgan fingerprint density at radius 1 is 1.19 bits per heavy atom. The van der Waals surface area contributed by atoms with Crippen LogP contribution in [-0.4, -0.2) is 11.7 Å². The van der Waals surface area contributed by atoms with E-state index < -0.39 is 29.5 Å². The minimum Gasteiger partial charge on any atom is -0.487 e. The van der Waals surface area contributed by atoms with Crippen molar-refractivity contribution in [2.45, 2.75) is 38.1 Å². The van der Waals surface area contributed by atoms with Crippen LogP contribution in [-0.2, 0) is 10.9 Å². The van der Waals surface area contributed by atoms with Gasteiger partial charge < -0.3 is 15.2 Å². The summed E-state index contributed by atoms with van der Waals surface area (Å²) in [5.41, 5.74) is 5.44. The number of carbonyl (C=O) groups excluding carboxylic acids is 1. The predicted molar refractivity (Wildman–Crippen MR) is 89.6 cm³/mol. The highest BCUT2D eigenvalue weighted by Crippen LogP contribution is 2.43. The van der Waals surface area contributed by atoms with E-state index in [4.69, 9.17) is 15.2 Å². The molecule has 4 nitrogen and oxygen atoms in total. The van der Waals surface area contributed by atoms with Crippen LogP contribution in [0.15, 0.2) is 42.5 Å². The van der Waals surface area contributed by atoms with Crippen LogP contribution in [0.1, 0.15) is 37.5 Å². The Hall–Kier alpha value is -2.70. The molecule has 7 heteroatoms. The number of benzene rings is 2. The molecule has 1 amide bonds. The number of rotatable bonds is 2. The first kappa shape index (κ1) is 18.1. The minimum atomic E-state index is -4.41. The van der Waals surface area contributed by atoms with Crippen LogP contribution < -0.4 is 10.5 Å². The largest absolute Gasteiger partial charge is 0.487 e. The zero-order chi connectivity index (χ0) is 19.1. The Bertz CT molecular complexity index is 846. The quantitative estimate of drug-likeness (QED) is 0.808. The number of alkyl halides is 3. The second kappa shape index (κ2) is 6.23. The predicted octanol–water partition coefficient (Wildman–Crippen LogP) is 5.07. The van der Waals surface area contributed by atoms with Crippen molar-refractivity contribution in [2.75, 3.05) is 0 Å². The highest BCUT2D eigenvalue weighted by Gasteiger charge is 2.36. The van der Waals surface area contributed by atoms with Crippen molar-refractivity contribution in [3.05, 3.63) is 53.6 Å². The molecule has 1 unspecified atom stereocenters. The maximum absolute atomic E-state index is 12.9. The molecule has 0 bridgehead atoms. The van der Waals surface area contributed by atoms with Crippen LogP contribution >= 0.6 is 0 Å². The van der Waals surface area contributed by atoms with Gasteiger partial charge in [0.25, 0.3) is 0 Å². The van der Waals surface area contributed by atoms with Crippen LogP contribution in [0, 0.1) is 0 Å². The average molecular weight is 365 g/mol. The van der Waals surface area contributed by atoms with Crippen LogP contribution in [0.4, 0.5) is 18.0 Å². The van der Waals surface area contributed by atoms with E-state index in [1.807, 2.05) is 13.8 Å². The van der Waals surface area contributed by atoms with Crippen LogP contribution in [0.5, 0.6) is 5.75 Å². The lowest BCUT2D eigenvalue weighted by Crippen LogP contribution is -2.36. The van der Waals surface area contributed by atoms with E-state index in [-0.39, 0.29) is 0 Å². The van der Waals surface area contributed by atoms with Crippen molar-refractivity contribution in [1.29, 1.82) is 0 Å². The number of ether oxygens (including phenoxy) is 2. The summed E-state index contributed by atoms with van der Waals surface area (Å²) >= 11 is 0. The normalized spacial score (nSPS) is 18.6. The first-order valence-corrected chi connectivity index (χ1v) is 8.02. The van der Waals surface area contributed by atoms with Gasteiger partial charge in [0.2, 0.25) is 0 Å². The molecule has 2 N–H and O–H groups in total. The van der Waals surface area contributed by atoms with Gasteiger partial charge in [-0.3, -0.25) is 0 Å². The van der Waals surface area contributed by atoms with Gasteiger partial charge in [-0.05, 0) is 43.2 Å². The van der Waals surface area contributed by atoms with Crippen molar-refractivity contribution in [2.24, 2.45) is 5.73 Å². The van der Waals surface area contributed by atoms with E-state index >= 15 is 0 Å². The van der Waals surface area contributed by atoms with E-state index in [1.165, 1.54) is 6.07 Å². The summed E-state index contributed by atoms with van der Waals surface area (Å²) in [6.45, 7) is 3.68. The average Bonchev–Trinajstić information content (AvgIpc) is 2.52. The number of primary amides is 1. The first-order valence-electron chi connectivity index (χ1n) is 8.02. The van der Waals surface area contributed by atoms with Crippen LogP contribution in [0.2, 0.25) is 0 Å². The van der Waals surface area contributed by atoms with Gasteiger partial charge in [-0.2, -0.15) is 13.2 Å². The maximum atomic E-state index is 12.9. The molecule has 0 saturated heterocycles. The first-order chi connectivity index (χ1) is 12.0. The number of hydrogen-bond donors (Lipinski definition) is 1. The topological polar surface area (TPSA) is 61.5 Å². The molecule has 0 saturated carbocycles. The van der Waals surface area contributed by atoms with Crippen LogP contribution in [0.3, 0.4) is 0 Å². The SMILES string of the molecule is CC1(C)CC(OC(N)=O)c2ccc(-c3cccc(C(F)(F)F)c3)cc2O1. The van der Waals surface area contributed by atoms with E-state index in [0.29, 0.717) is 28.9 Å². The third-order valence-corrected chi connectivity index (χ3v) is 4.21. The standard InChI is InChI=1S/C19H18F3NO3/c1-18(2)10-16(25-17(23)24)14-7-6-12(9-15(14)26-18)11-4-3-5-13(8-11)19(20,21)22/h3-9,16H,10H2,1-2H3,(H2,23,24). The third kappa shape index (κ3) is 3.76. The van der Waals surface area contributed by atoms with E-state index in [0.717, 1.165) is 12.1 Å². The van der Waals surface area contributed by atoms with Gasteiger partial charge in [-0.25, -0.2) is 4.79 Å². The molecule has 1 atom stereocenters. The third-order valence-electron chi connectivity index (χ3n) is 4.21. The van der Waals surface area contributed by atoms with E-state index in [9.17, 15) is 18.0 Å². The molecular weight excluding hydrogens is 347 g/mol. The Kier molecular flexibility index (Phi) is 4.34. The molecule has 138 valence electrons. The fourth-order valence-corrected chi connectivity index (χ4v) is 3.08. The molecule has 2 aromatic carbocycles. The molecule has 1 aliphatic rings. The van der Waals surface area contributed by atoms with E-state index in [2.05, 4.69) is 0 Å². The molecule has 2 aromatic rings. The molecule has 3 rings (SSSR count). The summed E-state index contributed by atoms with van der Waals surface area (Å²) in [6.07, 6.45) is -5.45. The summed E-state index contributed by atoms with van der Waals surface area (Å²) in [5, 5.41) is 0. The maximum Gasteiger partial charge on any atom is 0.416 e. The highest BCUT2D eigenvalue weighted by molar-refractivity contribution is 5.68. The van der Waals surface area contributed by atoms with Gasteiger partial charge in [0.15, 0.2) is 0 Å². The number of carbonyl (C=O) groups is 1. The zero-order valence-corrected chi connectivity index (χ0v) is 14.3. The molecular formula is C19H18F3NO3. The van der Waals surface area contributed by atoms with Gasteiger partial charge in [0.1, 0.15) is 17.5 Å². The lowest BCUT2D eigenvalue weighted by atomic mass is 9.90. The number of amides is 1. The molecule has 1 heterocycles. The summed E-state index contributed by atoms with van der Waals surface area (Å²) < 4.78 is 49.9. The Morgan fingerprint density at radius 2 is 1.88 bits per heavy atom. The molecule has 0 fully saturated rings. The smallest absolute Gasteiger partial charge is 0.416 e. The summed E-state index contributed by atoms with van der Waals surface area (Å²) in [4.78, 5) is 11.2. The second-order valence-corrected chi connectivity index (χ2v) is 6.82. The molecule has 0 radical (unpaired) electrons. The van der Waals surface area contributed by atoms with Gasteiger partial charge >= 0.3 is 12.3 Å². The minimum absolute atomic E-state index is 0.418. The molecule has 0 spiro atoms. The fourth-order valence-electron chi connectivity index (χ4n) is 3.08. The lowest BCUT2D eigenvalue weighted by molar-refractivity contribution is -0.137. The van der Waals surface area contributed by atoms with Crippen molar-refractivity contribution in [1.82, 2.24) is 0 Å². The van der Waals surface area contributed by atoms with Crippen molar-refractivity contribution >= 4 is 6.09 Å². The van der Waals surface area contributed by atoms with Crippen molar-refractivity contribution in [3.8, 4) is 16.9 Å². The Morgan fingerprint density at radius 3 is 2.54 bits per heavy atom. The van der Waals surface area contributed by atoms with Gasteiger partial charge in [-0.1, -0.05) is 24.3 Å². The lowest BCUT2D eigenvalue weighted by Gasteiger charge is -2.37. The van der Waals surface area contributed by atoms with Crippen molar-refractivity contribution < 1.29 is 27.4 Å². The molecule has 0 aliphatic carbocycles. The molecule has 0 aromatic heterocycles. The van der Waals surface area contributed by atoms with Gasteiger partial charge in [0.05, 0.1) is 5.56 Å². The zero-order valence-electron chi connectivity index (χ0n) is 14.3. The molecule has 1 aliphatic heterocycles. The van der Waals surface area contributed by atoms with Crippen molar-refractivity contribution in [3.63, 3.8) is 0 Å². The van der Waals surface area contributed by atoms with Gasteiger partial charge in [-0.15, -0.1) is 0 Å². The number of fused-ring (bicyclic) bond motifs is 1. The summed E-state index contributed by atoms with van der Waals surface area (Å²) in [6, 6.07) is 10.1. The second-order valence-electron chi connectivity index (χ2n) is 6.82. The van der Waals surface area contributed by atoms with Gasteiger partial charge in [0, 0.05) is 12.0 Å². The number of halogens is 3. The monoisotopic (exact) mass is 365 g/mol. The highest BCUT2D eigenvalue weighted by atomic mass is 19.4. The Balaban J connectivity index is 2.02. The van der Waals surface area contributed by atoms with E-state index in [1.54, 1.807) is 24.3 Å². The number of nitrogens with two attached hydrogens (primary N) is 1. The van der Waals surface area contributed by atoms with Crippen LogP contribution in [0.25, 0.3) is 11.1 Å². The number of hydrogen-bond acceptors (Lipinski definition) is 3. The molecule has 26 heavy (non-hydrogen) atoms. The Labute approximate surface area is 148 Å². The fraction of sp³-hybridized carbons (Fsp3) is 0.316. The summed E-state index contributed by atoms with van der Waals surface area (Å²) in [7, 11) is 0. The summed E-state index contributed by atoms with van der Waals surface area (Å²) in [5.74, 6) is 0.461.